The van der Waals surface area contributed by atoms with Crippen LogP contribution in [0.15, 0.2) is 47.1 Å². The van der Waals surface area contributed by atoms with E-state index >= 15 is 0 Å². The number of hydrogen-bond donors (Lipinski definition) is 1. The van der Waals surface area contributed by atoms with Crippen LogP contribution in [0.3, 0.4) is 0 Å². The first-order valence-electron chi connectivity index (χ1n) is 6.20. The average molecular weight is 273 g/mol. The van der Waals surface area contributed by atoms with Gasteiger partial charge in [-0.1, -0.05) is 12.1 Å². The fraction of sp³-hybridized carbons (Fsp3) is 0.200. The summed E-state index contributed by atoms with van der Waals surface area (Å²) in [6.45, 7) is 1.71. The number of carbonyl (C=O) groups excluding carboxylic acids is 2. The second kappa shape index (κ2) is 6.56. The Morgan fingerprint density at radius 2 is 2.25 bits per heavy atom. The van der Waals surface area contributed by atoms with Crippen molar-refractivity contribution >= 4 is 12.2 Å². The second-order valence-corrected chi connectivity index (χ2v) is 4.28. The largest absolute Gasteiger partial charge is 0.484 e. The molecule has 5 heteroatoms. The molecule has 0 saturated carbocycles. The van der Waals surface area contributed by atoms with Gasteiger partial charge in [0.25, 0.3) is 5.91 Å². The number of ether oxygens (including phenoxy) is 1. The van der Waals surface area contributed by atoms with Crippen LogP contribution in [0.25, 0.3) is 0 Å². The molecule has 2 aromatic rings. The molecule has 1 unspecified atom stereocenters. The van der Waals surface area contributed by atoms with Crippen molar-refractivity contribution in [3.05, 3.63) is 54.0 Å². The zero-order valence-corrected chi connectivity index (χ0v) is 11.0. The van der Waals surface area contributed by atoms with Crippen LogP contribution in [-0.4, -0.2) is 18.8 Å². The summed E-state index contributed by atoms with van der Waals surface area (Å²) in [5.74, 6) is 0.905. The summed E-state index contributed by atoms with van der Waals surface area (Å²) in [7, 11) is 0. The first kappa shape index (κ1) is 13.9. The van der Waals surface area contributed by atoms with Crippen molar-refractivity contribution < 1.29 is 18.7 Å². The predicted octanol–water partition coefficient (Wildman–Crippen LogP) is 2.35. The van der Waals surface area contributed by atoms with Gasteiger partial charge in [-0.15, -0.1) is 0 Å². The van der Waals surface area contributed by atoms with Crippen molar-refractivity contribution in [2.45, 2.75) is 13.0 Å². The predicted molar refractivity (Wildman–Crippen MR) is 72.6 cm³/mol. The Kier molecular flexibility index (Phi) is 4.55. The summed E-state index contributed by atoms with van der Waals surface area (Å²) < 4.78 is 10.5. The summed E-state index contributed by atoms with van der Waals surface area (Å²) >= 11 is 0. The molecule has 1 heterocycles. The molecule has 0 fully saturated rings. The molecule has 1 amide bonds. The van der Waals surface area contributed by atoms with Crippen LogP contribution in [0.1, 0.15) is 29.1 Å². The average Bonchev–Trinajstić information content (AvgIpc) is 2.99. The number of furan rings is 1. The van der Waals surface area contributed by atoms with Gasteiger partial charge >= 0.3 is 0 Å². The summed E-state index contributed by atoms with van der Waals surface area (Å²) in [5, 5.41) is 2.75. The highest BCUT2D eigenvalue weighted by Crippen LogP contribution is 2.13. The van der Waals surface area contributed by atoms with Crippen LogP contribution in [0, 0.1) is 0 Å². The molecule has 1 atom stereocenters. The molecule has 0 saturated heterocycles. The molecule has 0 bridgehead atoms. The second-order valence-electron chi connectivity index (χ2n) is 4.28. The molecule has 0 aliphatic rings. The smallest absolute Gasteiger partial charge is 0.258 e. The molecule has 1 N–H and O–H groups in total. The van der Waals surface area contributed by atoms with E-state index in [2.05, 4.69) is 5.32 Å². The van der Waals surface area contributed by atoms with Gasteiger partial charge < -0.3 is 14.5 Å². The maximum atomic E-state index is 11.7. The molecule has 2 rings (SSSR count). The molecule has 1 aromatic heterocycles. The number of nitrogens with one attached hydrogen (secondary N) is 1. The normalized spacial score (nSPS) is 11.7. The van der Waals surface area contributed by atoms with Crippen molar-refractivity contribution in [2.75, 3.05) is 6.61 Å². The summed E-state index contributed by atoms with van der Waals surface area (Å²) in [6.07, 6.45) is 2.28. The minimum Gasteiger partial charge on any atom is -0.484 e. The van der Waals surface area contributed by atoms with Gasteiger partial charge in [-0.25, -0.2) is 0 Å². The Hall–Kier alpha value is -2.56. The Bertz CT molecular complexity index is 577. The van der Waals surface area contributed by atoms with Crippen LogP contribution >= 0.6 is 0 Å². The third-order valence-electron chi connectivity index (χ3n) is 2.71. The number of amides is 1. The fourth-order valence-electron chi connectivity index (χ4n) is 1.72. The molecule has 20 heavy (non-hydrogen) atoms. The van der Waals surface area contributed by atoms with E-state index in [-0.39, 0.29) is 18.6 Å². The Labute approximate surface area is 116 Å². The highest BCUT2D eigenvalue weighted by Gasteiger charge is 2.12. The van der Waals surface area contributed by atoms with Gasteiger partial charge in [0, 0.05) is 5.56 Å². The van der Waals surface area contributed by atoms with Gasteiger partial charge in [-0.2, -0.15) is 0 Å². The zero-order chi connectivity index (χ0) is 14.4. The van der Waals surface area contributed by atoms with Gasteiger partial charge in [-0.3, -0.25) is 9.59 Å². The Morgan fingerprint density at radius 3 is 2.95 bits per heavy atom. The lowest BCUT2D eigenvalue weighted by Crippen LogP contribution is -2.31. The summed E-state index contributed by atoms with van der Waals surface area (Å²) in [5.41, 5.74) is 0.506. The third kappa shape index (κ3) is 3.71. The maximum absolute atomic E-state index is 11.7. The summed E-state index contributed by atoms with van der Waals surface area (Å²) in [4.78, 5) is 22.4. The van der Waals surface area contributed by atoms with E-state index in [1.807, 2.05) is 6.92 Å². The third-order valence-corrected chi connectivity index (χ3v) is 2.71. The number of carbonyl (C=O) groups is 2. The number of rotatable bonds is 6. The minimum atomic E-state index is -0.259. The van der Waals surface area contributed by atoms with E-state index in [1.54, 1.807) is 42.7 Å². The van der Waals surface area contributed by atoms with Gasteiger partial charge in [-0.05, 0) is 31.2 Å². The van der Waals surface area contributed by atoms with Crippen molar-refractivity contribution in [1.82, 2.24) is 5.32 Å². The standard InChI is InChI=1S/C15H15NO4/c1-11(14-6-3-7-19-14)16-15(18)10-20-13-5-2-4-12(8-13)9-17/h2-9,11H,10H2,1H3,(H,16,18). The van der Waals surface area contributed by atoms with Crippen LogP contribution in [0.4, 0.5) is 0 Å². The van der Waals surface area contributed by atoms with Crippen molar-refractivity contribution in [1.29, 1.82) is 0 Å². The van der Waals surface area contributed by atoms with E-state index in [0.717, 1.165) is 6.29 Å². The van der Waals surface area contributed by atoms with Crippen molar-refractivity contribution in [3.63, 3.8) is 0 Å². The lowest BCUT2D eigenvalue weighted by atomic mass is 10.2. The molecule has 0 spiro atoms. The van der Waals surface area contributed by atoms with Gasteiger partial charge in [0.05, 0.1) is 12.3 Å². The fourth-order valence-corrected chi connectivity index (χ4v) is 1.72. The van der Waals surface area contributed by atoms with Crippen LogP contribution in [0.2, 0.25) is 0 Å². The van der Waals surface area contributed by atoms with E-state index in [0.29, 0.717) is 17.1 Å². The van der Waals surface area contributed by atoms with E-state index < -0.39 is 0 Å². The molecular formula is C15H15NO4. The quantitative estimate of drug-likeness (QED) is 0.820. The number of aldehydes is 1. The van der Waals surface area contributed by atoms with Crippen molar-refractivity contribution in [3.8, 4) is 5.75 Å². The molecule has 5 nitrogen and oxygen atoms in total. The first-order chi connectivity index (χ1) is 9.69. The molecular weight excluding hydrogens is 258 g/mol. The van der Waals surface area contributed by atoms with Crippen LogP contribution in [0.5, 0.6) is 5.75 Å². The topological polar surface area (TPSA) is 68.5 Å². The lowest BCUT2D eigenvalue weighted by Gasteiger charge is -2.12. The first-order valence-corrected chi connectivity index (χ1v) is 6.20. The van der Waals surface area contributed by atoms with E-state index in [4.69, 9.17) is 9.15 Å². The van der Waals surface area contributed by atoms with Crippen LogP contribution in [-0.2, 0) is 4.79 Å². The highest BCUT2D eigenvalue weighted by molar-refractivity contribution is 5.78. The van der Waals surface area contributed by atoms with Crippen molar-refractivity contribution in [2.24, 2.45) is 0 Å². The zero-order valence-electron chi connectivity index (χ0n) is 11.0. The molecule has 0 radical (unpaired) electrons. The maximum Gasteiger partial charge on any atom is 0.258 e. The van der Waals surface area contributed by atoms with Crippen LogP contribution < -0.4 is 10.1 Å². The Morgan fingerprint density at radius 1 is 1.40 bits per heavy atom. The number of benzene rings is 1. The van der Waals surface area contributed by atoms with Gasteiger partial charge in [0.2, 0.25) is 0 Å². The molecule has 0 aliphatic heterocycles. The summed E-state index contributed by atoms with van der Waals surface area (Å²) in [6, 6.07) is 9.97. The minimum absolute atomic E-state index is 0.118. The molecule has 0 aliphatic carbocycles. The SMILES string of the molecule is CC(NC(=O)COc1cccc(C=O)c1)c1ccco1. The van der Waals surface area contributed by atoms with E-state index in [1.165, 1.54) is 0 Å². The molecule has 1 aromatic carbocycles. The number of hydrogen-bond acceptors (Lipinski definition) is 4. The molecule has 104 valence electrons. The lowest BCUT2D eigenvalue weighted by molar-refractivity contribution is -0.123. The van der Waals surface area contributed by atoms with Gasteiger partial charge in [0.15, 0.2) is 6.61 Å². The van der Waals surface area contributed by atoms with Gasteiger partial charge in [0.1, 0.15) is 17.8 Å². The van der Waals surface area contributed by atoms with E-state index in [9.17, 15) is 9.59 Å². The highest BCUT2D eigenvalue weighted by atomic mass is 16.5. The monoisotopic (exact) mass is 273 g/mol. The Balaban J connectivity index is 1.84.